The Morgan fingerprint density at radius 1 is 1.08 bits per heavy atom. The average molecular weight is 547 g/mol. The largest absolute Gasteiger partial charge is 0.487 e. The van der Waals surface area contributed by atoms with Gasteiger partial charge < -0.3 is 30.1 Å². The molecule has 0 aliphatic carbocycles. The van der Waals surface area contributed by atoms with Gasteiger partial charge in [-0.2, -0.15) is 0 Å². The van der Waals surface area contributed by atoms with Crippen LogP contribution in [0.15, 0.2) is 79.6 Å². The highest BCUT2D eigenvalue weighted by Crippen LogP contribution is 2.31. The van der Waals surface area contributed by atoms with Crippen LogP contribution in [-0.4, -0.2) is 30.6 Å². The summed E-state index contributed by atoms with van der Waals surface area (Å²) in [4.78, 5) is 41.7. The molecule has 13 heteroatoms. The van der Waals surface area contributed by atoms with E-state index in [1.807, 2.05) is 0 Å². The van der Waals surface area contributed by atoms with Crippen LogP contribution in [0, 0.1) is 5.82 Å². The molecule has 0 bridgehead atoms. The minimum Gasteiger partial charge on any atom is -0.487 e. The topological polar surface area (TPSA) is 154 Å². The van der Waals surface area contributed by atoms with E-state index in [2.05, 4.69) is 27.2 Å². The Labute approximate surface area is 215 Å². The number of ether oxygens (including phenoxy) is 1. The van der Waals surface area contributed by atoms with Gasteiger partial charge in [0.2, 0.25) is 5.91 Å². The number of anilines is 3. The van der Waals surface area contributed by atoms with Gasteiger partial charge in [0, 0.05) is 16.8 Å². The summed E-state index contributed by atoms with van der Waals surface area (Å²) in [7, 11) is -4.64. The highest BCUT2D eigenvalue weighted by atomic mass is 35.5. The first-order valence-corrected chi connectivity index (χ1v) is 12.4. The normalized spacial score (nSPS) is 10.7. The molecule has 0 aliphatic heterocycles. The molecule has 1 amide bonds. The number of fused-ring (bicyclic) bond motifs is 1. The standard InChI is InChI=1S/C24H18ClFN4O2.H3O4P/c1-2-23(31)29-17-6-8-21-19(11-17)24(28-14-27-21)30-18-7-9-22(20(25)12-18)32-13-15-4-3-5-16(26)10-15;1-5(2,3)4/h2-12,14H,1,13H2,(H,29,31)(H,27,28,30);(H3,1,2,3,4). The van der Waals surface area contributed by atoms with Crippen LogP contribution in [0.5, 0.6) is 5.75 Å². The Morgan fingerprint density at radius 2 is 1.81 bits per heavy atom. The van der Waals surface area contributed by atoms with E-state index in [0.29, 0.717) is 39.0 Å². The van der Waals surface area contributed by atoms with Crippen molar-refractivity contribution in [3.8, 4) is 5.75 Å². The van der Waals surface area contributed by atoms with Crippen LogP contribution < -0.4 is 15.4 Å². The maximum Gasteiger partial charge on any atom is 0.466 e. The molecule has 0 saturated heterocycles. The summed E-state index contributed by atoms with van der Waals surface area (Å²) in [6.07, 6.45) is 2.65. The zero-order chi connectivity index (χ0) is 27.0. The molecule has 0 saturated carbocycles. The molecule has 4 rings (SSSR count). The van der Waals surface area contributed by atoms with Crippen molar-refractivity contribution in [1.29, 1.82) is 0 Å². The Balaban J connectivity index is 0.000000695. The van der Waals surface area contributed by atoms with Gasteiger partial charge in [-0.1, -0.05) is 30.3 Å². The van der Waals surface area contributed by atoms with E-state index in [1.54, 1.807) is 48.5 Å². The third-order valence-corrected chi connectivity index (χ3v) is 4.86. The van der Waals surface area contributed by atoms with Gasteiger partial charge >= 0.3 is 7.82 Å². The molecule has 37 heavy (non-hydrogen) atoms. The molecule has 0 fully saturated rings. The molecule has 10 nitrogen and oxygen atoms in total. The molecule has 0 aliphatic rings. The number of amides is 1. The van der Waals surface area contributed by atoms with Crippen molar-refractivity contribution < 1.29 is 33.2 Å². The second kappa shape index (κ2) is 12.4. The van der Waals surface area contributed by atoms with E-state index in [0.717, 1.165) is 5.39 Å². The van der Waals surface area contributed by atoms with Crippen LogP contribution in [0.4, 0.5) is 21.6 Å². The molecule has 0 radical (unpaired) electrons. The smallest absolute Gasteiger partial charge is 0.466 e. The molecular formula is C24H21ClFN4O6P. The Kier molecular flexibility index (Phi) is 9.29. The summed E-state index contributed by atoms with van der Waals surface area (Å²) in [6, 6.07) is 16.7. The molecular weight excluding hydrogens is 526 g/mol. The number of rotatable bonds is 7. The monoisotopic (exact) mass is 546 g/mol. The summed E-state index contributed by atoms with van der Waals surface area (Å²) in [5.41, 5.74) is 2.70. The lowest BCUT2D eigenvalue weighted by Gasteiger charge is -2.12. The molecule has 4 aromatic rings. The number of hydrogen-bond acceptors (Lipinski definition) is 6. The predicted octanol–water partition coefficient (Wildman–Crippen LogP) is 4.94. The van der Waals surface area contributed by atoms with Crippen LogP contribution in [-0.2, 0) is 16.0 Å². The van der Waals surface area contributed by atoms with E-state index in [9.17, 15) is 9.18 Å². The number of phosphoric acid groups is 1. The van der Waals surface area contributed by atoms with E-state index in [1.165, 1.54) is 24.5 Å². The molecule has 1 heterocycles. The summed E-state index contributed by atoms with van der Waals surface area (Å²) in [5, 5.41) is 7.05. The van der Waals surface area contributed by atoms with Crippen molar-refractivity contribution in [3.63, 3.8) is 0 Å². The molecule has 3 aromatic carbocycles. The fourth-order valence-corrected chi connectivity index (χ4v) is 3.28. The van der Waals surface area contributed by atoms with E-state index in [4.69, 9.17) is 35.6 Å². The fourth-order valence-electron chi connectivity index (χ4n) is 3.05. The van der Waals surface area contributed by atoms with Gasteiger partial charge in [-0.25, -0.2) is 18.9 Å². The average Bonchev–Trinajstić information content (AvgIpc) is 2.83. The lowest BCUT2D eigenvalue weighted by molar-refractivity contribution is -0.111. The lowest BCUT2D eigenvalue weighted by Crippen LogP contribution is -2.07. The summed E-state index contributed by atoms with van der Waals surface area (Å²) in [6.45, 7) is 3.65. The van der Waals surface area contributed by atoms with E-state index >= 15 is 0 Å². The highest BCUT2D eigenvalue weighted by molar-refractivity contribution is 7.45. The number of aromatic nitrogens is 2. The van der Waals surface area contributed by atoms with Gasteiger partial charge in [0.15, 0.2) is 0 Å². The van der Waals surface area contributed by atoms with Gasteiger partial charge in [-0.15, -0.1) is 0 Å². The third-order valence-electron chi connectivity index (χ3n) is 4.57. The van der Waals surface area contributed by atoms with Crippen LogP contribution >= 0.6 is 19.4 Å². The minimum atomic E-state index is -4.64. The number of halogens is 2. The first-order chi connectivity index (χ1) is 17.5. The number of nitrogens with one attached hydrogen (secondary N) is 2. The molecule has 0 spiro atoms. The number of hydrogen-bond donors (Lipinski definition) is 5. The summed E-state index contributed by atoms with van der Waals surface area (Å²) in [5.74, 6) is 0.398. The van der Waals surface area contributed by atoms with Crippen LogP contribution in [0.3, 0.4) is 0 Å². The molecule has 192 valence electrons. The maximum atomic E-state index is 13.3. The van der Waals surface area contributed by atoms with Gasteiger partial charge in [-0.05, 0) is 60.2 Å². The zero-order valence-electron chi connectivity index (χ0n) is 19.0. The molecule has 1 aromatic heterocycles. The Hall–Kier alpha value is -3.86. The summed E-state index contributed by atoms with van der Waals surface area (Å²) >= 11 is 6.38. The third kappa shape index (κ3) is 8.94. The fraction of sp³-hybridized carbons (Fsp3) is 0.0417. The minimum absolute atomic E-state index is 0.194. The second-order valence-corrected chi connectivity index (χ2v) is 8.78. The van der Waals surface area contributed by atoms with Crippen LogP contribution in [0.1, 0.15) is 5.56 Å². The van der Waals surface area contributed by atoms with Crippen molar-refractivity contribution in [2.45, 2.75) is 6.61 Å². The molecule has 5 N–H and O–H groups in total. The zero-order valence-corrected chi connectivity index (χ0v) is 20.7. The van der Waals surface area contributed by atoms with Crippen LogP contribution in [0.2, 0.25) is 5.02 Å². The lowest BCUT2D eigenvalue weighted by atomic mass is 10.2. The molecule has 0 atom stereocenters. The van der Waals surface area contributed by atoms with Gasteiger partial charge in [0.1, 0.15) is 30.3 Å². The number of benzene rings is 3. The Morgan fingerprint density at radius 3 is 2.49 bits per heavy atom. The van der Waals surface area contributed by atoms with Crippen molar-refractivity contribution in [1.82, 2.24) is 9.97 Å². The van der Waals surface area contributed by atoms with Gasteiger partial charge in [0.25, 0.3) is 0 Å². The number of carbonyl (C=O) groups excluding carboxylic acids is 1. The van der Waals surface area contributed by atoms with E-state index in [-0.39, 0.29) is 18.3 Å². The van der Waals surface area contributed by atoms with Crippen LogP contribution in [0.25, 0.3) is 10.9 Å². The summed E-state index contributed by atoms with van der Waals surface area (Å²) < 4.78 is 27.9. The first-order valence-electron chi connectivity index (χ1n) is 10.4. The SMILES string of the molecule is C=CC(=O)Nc1ccc2ncnc(Nc3ccc(OCc4cccc(F)c4)c(Cl)c3)c2c1.O=P(O)(O)O. The quantitative estimate of drug-likeness (QED) is 0.160. The Bertz CT molecular complexity index is 1470. The van der Waals surface area contributed by atoms with E-state index < -0.39 is 7.82 Å². The second-order valence-electron chi connectivity index (χ2n) is 7.35. The predicted molar refractivity (Wildman–Crippen MR) is 138 cm³/mol. The van der Waals surface area contributed by atoms with Gasteiger partial charge in [0.05, 0.1) is 10.5 Å². The first kappa shape index (κ1) is 27.7. The van der Waals surface area contributed by atoms with Crippen molar-refractivity contribution >= 4 is 53.4 Å². The highest BCUT2D eigenvalue weighted by Gasteiger charge is 2.09. The van der Waals surface area contributed by atoms with Crippen molar-refractivity contribution in [2.75, 3.05) is 10.6 Å². The maximum absolute atomic E-state index is 13.3. The van der Waals surface area contributed by atoms with Gasteiger partial charge in [-0.3, -0.25) is 4.79 Å². The number of nitrogens with zero attached hydrogens (tertiary/aromatic N) is 2. The van der Waals surface area contributed by atoms with Crippen molar-refractivity contribution in [2.24, 2.45) is 0 Å². The molecule has 0 unspecified atom stereocenters. The number of carbonyl (C=O) groups is 1. The van der Waals surface area contributed by atoms with Crippen molar-refractivity contribution in [3.05, 3.63) is 96.0 Å².